The smallest absolute Gasteiger partial charge is 0.338 e. The average Bonchev–Trinajstić information content (AvgIpc) is 1.85. The highest BCUT2D eigenvalue weighted by atomic mass is 16.5. The van der Waals surface area contributed by atoms with E-state index in [0.29, 0.717) is 19.4 Å². The third-order valence-corrected chi connectivity index (χ3v) is 1.86. The molecule has 0 bridgehead atoms. The van der Waals surface area contributed by atoms with E-state index in [0.717, 1.165) is 0 Å². The fourth-order valence-corrected chi connectivity index (χ4v) is 1.24. The highest BCUT2D eigenvalue weighted by Crippen LogP contribution is 2.31. The summed E-state index contributed by atoms with van der Waals surface area (Å²) < 4.78 is 4.65. The van der Waals surface area contributed by atoms with E-state index in [4.69, 9.17) is 5.73 Å². The van der Waals surface area contributed by atoms with Gasteiger partial charge in [-0.25, -0.2) is 4.79 Å². The van der Waals surface area contributed by atoms with Crippen LogP contribution in [-0.4, -0.2) is 29.3 Å². The van der Waals surface area contributed by atoms with Crippen molar-refractivity contribution in [3.63, 3.8) is 0 Å². The Morgan fingerprint density at radius 2 is 2.36 bits per heavy atom. The van der Waals surface area contributed by atoms with Gasteiger partial charge in [0.25, 0.3) is 0 Å². The molecule has 4 nitrogen and oxygen atoms in total. The number of nitrogens with two attached hydrogens (primary N) is 1. The van der Waals surface area contributed by atoms with Gasteiger partial charge in [0.05, 0.1) is 6.61 Å². The van der Waals surface area contributed by atoms with Crippen LogP contribution in [0.4, 0.5) is 0 Å². The van der Waals surface area contributed by atoms with Crippen molar-refractivity contribution in [2.45, 2.75) is 31.4 Å². The largest absolute Gasteiger partial charge is 0.464 e. The van der Waals surface area contributed by atoms with Gasteiger partial charge >= 0.3 is 5.97 Å². The van der Waals surface area contributed by atoms with Gasteiger partial charge in [0.1, 0.15) is 0 Å². The summed E-state index contributed by atoms with van der Waals surface area (Å²) in [5.41, 5.74) is 4.14. The van der Waals surface area contributed by atoms with Crippen LogP contribution in [0.2, 0.25) is 0 Å². The third-order valence-electron chi connectivity index (χ3n) is 1.86. The molecule has 0 aromatic carbocycles. The van der Waals surface area contributed by atoms with Crippen LogP contribution in [0.3, 0.4) is 0 Å². The number of carbonyl (C=O) groups excluding carboxylic acids is 1. The van der Waals surface area contributed by atoms with Crippen molar-refractivity contribution in [2.75, 3.05) is 6.61 Å². The Morgan fingerprint density at radius 1 is 1.82 bits per heavy atom. The van der Waals surface area contributed by atoms with E-state index in [-0.39, 0.29) is 6.04 Å². The molecule has 1 aliphatic carbocycles. The van der Waals surface area contributed by atoms with Crippen LogP contribution < -0.4 is 5.73 Å². The minimum Gasteiger partial charge on any atom is -0.464 e. The van der Waals surface area contributed by atoms with Gasteiger partial charge in [-0.2, -0.15) is 0 Å². The lowest BCUT2D eigenvalue weighted by molar-refractivity contribution is -0.175. The number of carbonyl (C=O) groups is 1. The predicted octanol–water partition coefficient (Wildman–Crippen LogP) is -0.598. The van der Waals surface area contributed by atoms with Crippen LogP contribution in [0.1, 0.15) is 19.8 Å². The zero-order valence-electron chi connectivity index (χ0n) is 6.54. The van der Waals surface area contributed by atoms with E-state index < -0.39 is 11.6 Å². The van der Waals surface area contributed by atoms with Crippen molar-refractivity contribution in [1.82, 2.24) is 0 Å². The highest BCUT2D eigenvalue weighted by molar-refractivity contribution is 5.80. The first kappa shape index (κ1) is 8.49. The molecule has 11 heavy (non-hydrogen) atoms. The quantitative estimate of drug-likeness (QED) is 0.528. The summed E-state index contributed by atoms with van der Waals surface area (Å²) in [6, 6.07) is -0.0515. The predicted molar refractivity (Wildman–Crippen MR) is 38.8 cm³/mol. The van der Waals surface area contributed by atoms with Crippen LogP contribution in [0, 0.1) is 0 Å². The number of rotatable bonds is 2. The Hall–Kier alpha value is -0.610. The first-order valence-corrected chi connectivity index (χ1v) is 3.73. The topological polar surface area (TPSA) is 72.5 Å². The SMILES string of the molecule is CCOC(=O)C1(O)CC(N)C1. The maximum absolute atomic E-state index is 11.0. The summed E-state index contributed by atoms with van der Waals surface area (Å²) in [6.45, 7) is 2.01. The van der Waals surface area contributed by atoms with Gasteiger partial charge in [-0.15, -0.1) is 0 Å². The summed E-state index contributed by atoms with van der Waals surface area (Å²) >= 11 is 0. The lowest BCUT2D eigenvalue weighted by Gasteiger charge is -2.38. The van der Waals surface area contributed by atoms with Gasteiger partial charge in [0, 0.05) is 18.9 Å². The summed E-state index contributed by atoms with van der Waals surface area (Å²) in [7, 11) is 0. The van der Waals surface area contributed by atoms with Crippen molar-refractivity contribution >= 4 is 5.97 Å². The molecule has 0 aromatic rings. The van der Waals surface area contributed by atoms with Crippen molar-refractivity contribution in [3.8, 4) is 0 Å². The Kier molecular flexibility index (Phi) is 2.15. The molecular weight excluding hydrogens is 146 g/mol. The number of aliphatic hydroxyl groups is 1. The second-order valence-electron chi connectivity index (χ2n) is 2.92. The van der Waals surface area contributed by atoms with Gasteiger partial charge in [-0.1, -0.05) is 0 Å². The van der Waals surface area contributed by atoms with Crippen LogP contribution in [0.5, 0.6) is 0 Å². The first-order valence-electron chi connectivity index (χ1n) is 3.73. The second kappa shape index (κ2) is 2.79. The van der Waals surface area contributed by atoms with E-state index in [1.165, 1.54) is 0 Å². The van der Waals surface area contributed by atoms with E-state index in [9.17, 15) is 9.90 Å². The molecule has 3 N–H and O–H groups in total. The number of ether oxygens (including phenoxy) is 1. The maximum atomic E-state index is 11.0. The van der Waals surface area contributed by atoms with Crippen LogP contribution in [0.15, 0.2) is 0 Å². The van der Waals surface area contributed by atoms with E-state index in [1.807, 2.05) is 0 Å². The molecule has 1 fully saturated rings. The minimum atomic E-state index is -1.28. The molecule has 0 aliphatic heterocycles. The number of hydrogen-bond acceptors (Lipinski definition) is 4. The zero-order valence-corrected chi connectivity index (χ0v) is 6.54. The molecule has 1 saturated carbocycles. The number of hydrogen-bond donors (Lipinski definition) is 2. The van der Waals surface area contributed by atoms with Crippen molar-refractivity contribution in [1.29, 1.82) is 0 Å². The Morgan fingerprint density at radius 3 is 2.73 bits per heavy atom. The zero-order chi connectivity index (χ0) is 8.48. The summed E-state index contributed by atoms with van der Waals surface area (Å²) in [4.78, 5) is 11.0. The molecule has 0 spiro atoms. The van der Waals surface area contributed by atoms with Crippen molar-refractivity contribution in [3.05, 3.63) is 0 Å². The summed E-state index contributed by atoms with van der Waals surface area (Å²) in [6.07, 6.45) is 0.650. The highest BCUT2D eigenvalue weighted by Gasteiger charge is 2.48. The van der Waals surface area contributed by atoms with E-state index >= 15 is 0 Å². The molecule has 64 valence electrons. The molecule has 0 aromatic heterocycles. The van der Waals surface area contributed by atoms with Gasteiger partial charge in [0.2, 0.25) is 0 Å². The van der Waals surface area contributed by atoms with Crippen LogP contribution in [-0.2, 0) is 9.53 Å². The van der Waals surface area contributed by atoms with Crippen LogP contribution >= 0.6 is 0 Å². The van der Waals surface area contributed by atoms with Crippen LogP contribution in [0.25, 0.3) is 0 Å². The van der Waals surface area contributed by atoms with Gasteiger partial charge in [-0.3, -0.25) is 0 Å². The average molecular weight is 159 g/mol. The standard InChI is InChI=1S/C7H13NO3/c1-2-11-6(9)7(10)3-5(8)4-7/h5,10H,2-4,8H2,1H3. The Labute approximate surface area is 65.3 Å². The Bertz CT molecular complexity index is 163. The van der Waals surface area contributed by atoms with Crippen molar-refractivity contribution < 1.29 is 14.6 Å². The summed E-state index contributed by atoms with van der Waals surface area (Å²) in [5, 5.41) is 9.43. The molecule has 0 heterocycles. The van der Waals surface area contributed by atoms with E-state index in [2.05, 4.69) is 4.74 Å². The van der Waals surface area contributed by atoms with Gasteiger partial charge in [0.15, 0.2) is 5.60 Å². The van der Waals surface area contributed by atoms with Gasteiger partial charge in [-0.05, 0) is 6.92 Å². The molecule has 4 heteroatoms. The van der Waals surface area contributed by atoms with E-state index in [1.54, 1.807) is 6.92 Å². The molecule has 0 radical (unpaired) electrons. The maximum Gasteiger partial charge on any atom is 0.338 e. The summed E-state index contributed by atoms with van der Waals surface area (Å²) in [5.74, 6) is -0.540. The number of esters is 1. The van der Waals surface area contributed by atoms with Crippen molar-refractivity contribution in [2.24, 2.45) is 5.73 Å². The second-order valence-corrected chi connectivity index (χ2v) is 2.92. The molecule has 0 amide bonds. The Balaban J connectivity index is 2.41. The molecule has 0 atom stereocenters. The lowest BCUT2D eigenvalue weighted by Crippen LogP contribution is -2.57. The monoisotopic (exact) mass is 159 g/mol. The minimum absolute atomic E-state index is 0.0515. The van der Waals surface area contributed by atoms with Gasteiger partial charge < -0.3 is 15.6 Å². The lowest BCUT2D eigenvalue weighted by atomic mass is 9.76. The normalized spacial score (nSPS) is 36.1. The molecule has 0 saturated heterocycles. The fourth-order valence-electron chi connectivity index (χ4n) is 1.24. The third kappa shape index (κ3) is 1.52. The first-order chi connectivity index (χ1) is 5.08. The molecule has 0 unspecified atom stereocenters. The fraction of sp³-hybridized carbons (Fsp3) is 0.857. The molecule has 1 rings (SSSR count). The molecule has 1 aliphatic rings. The molecular formula is C7H13NO3.